The summed E-state index contributed by atoms with van der Waals surface area (Å²) in [5.74, 6) is 1.62. The summed E-state index contributed by atoms with van der Waals surface area (Å²) in [5.41, 5.74) is 6.55. The van der Waals surface area contributed by atoms with Crippen LogP contribution in [0.2, 0.25) is 0 Å². The lowest BCUT2D eigenvalue weighted by molar-refractivity contribution is 0.480. The number of aryl methyl sites for hydroxylation is 1. The SMILES string of the molecule is Cc1cc(Oc2cccc(-c3cc(-c4ccccc4)ccn3)c2)cc(N2C=CN(C)C2)c1. The molecule has 1 aliphatic rings. The molecule has 0 aliphatic carbocycles. The van der Waals surface area contributed by atoms with Crippen LogP contribution in [0.25, 0.3) is 22.4 Å². The van der Waals surface area contributed by atoms with Crippen molar-refractivity contribution >= 4 is 5.69 Å². The summed E-state index contributed by atoms with van der Waals surface area (Å²) in [5, 5.41) is 0. The molecule has 32 heavy (non-hydrogen) atoms. The highest BCUT2D eigenvalue weighted by molar-refractivity contribution is 5.71. The molecule has 4 heteroatoms. The Balaban J connectivity index is 1.41. The largest absolute Gasteiger partial charge is 0.457 e. The van der Waals surface area contributed by atoms with Crippen LogP contribution in [-0.2, 0) is 0 Å². The topological polar surface area (TPSA) is 28.6 Å². The van der Waals surface area contributed by atoms with Crippen molar-refractivity contribution in [3.05, 3.63) is 109 Å². The van der Waals surface area contributed by atoms with Gasteiger partial charge in [0.25, 0.3) is 0 Å². The summed E-state index contributed by atoms with van der Waals surface area (Å²) >= 11 is 0. The molecular weight excluding hydrogens is 394 g/mol. The molecule has 0 radical (unpaired) electrons. The quantitative estimate of drug-likeness (QED) is 0.360. The van der Waals surface area contributed by atoms with Gasteiger partial charge in [0.1, 0.15) is 11.5 Å². The third-order valence-corrected chi connectivity index (χ3v) is 5.48. The number of ether oxygens (including phenoxy) is 1. The molecule has 3 aromatic carbocycles. The first kappa shape index (κ1) is 19.9. The predicted molar refractivity (Wildman–Crippen MR) is 131 cm³/mol. The number of benzene rings is 3. The Kier molecular flexibility index (Phi) is 5.34. The van der Waals surface area contributed by atoms with Crippen molar-refractivity contribution in [2.75, 3.05) is 18.6 Å². The minimum Gasteiger partial charge on any atom is -0.457 e. The number of hydrogen-bond acceptors (Lipinski definition) is 4. The Morgan fingerprint density at radius 1 is 0.750 bits per heavy atom. The highest BCUT2D eigenvalue weighted by Crippen LogP contribution is 2.32. The van der Waals surface area contributed by atoms with Gasteiger partial charge in [-0.1, -0.05) is 42.5 Å². The van der Waals surface area contributed by atoms with E-state index in [2.05, 4.69) is 95.8 Å². The van der Waals surface area contributed by atoms with Crippen molar-refractivity contribution in [1.29, 1.82) is 0 Å². The van der Waals surface area contributed by atoms with Crippen molar-refractivity contribution in [1.82, 2.24) is 9.88 Å². The first-order valence-electron chi connectivity index (χ1n) is 10.7. The molecule has 4 nitrogen and oxygen atoms in total. The third kappa shape index (κ3) is 4.35. The van der Waals surface area contributed by atoms with Crippen LogP contribution in [0.1, 0.15) is 5.56 Å². The Labute approximate surface area is 189 Å². The van der Waals surface area contributed by atoms with Crippen LogP contribution >= 0.6 is 0 Å². The number of rotatable bonds is 5. The van der Waals surface area contributed by atoms with E-state index in [-0.39, 0.29) is 0 Å². The van der Waals surface area contributed by atoms with E-state index in [4.69, 9.17) is 4.74 Å². The van der Waals surface area contributed by atoms with Gasteiger partial charge in [0.15, 0.2) is 0 Å². The fourth-order valence-electron chi connectivity index (χ4n) is 3.90. The van der Waals surface area contributed by atoms with Gasteiger partial charge in [0.05, 0.1) is 12.4 Å². The van der Waals surface area contributed by atoms with E-state index >= 15 is 0 Å². The van der Waals surface area contributed by atoms with Crippen LogP contribution in [-0.4, -0.2) is 23.6 Å². The van der Waals surface area contributed by atoms with Gasteiger partial charge in [-0.2, -0.15) is 0 Å². The van der Waals surface area contributed by atoms with E-state index < -0.39 is 0 Å². The van der Waals surface area contributed by atoms with Gasteiger partial charge in [-0.15, -0.1) is 0 Å². The summed E-state index contributed by atoms with van der Waals surface area (Å²) in [7, 11) is 2.07. The number of anilines is 1. The standard InChI is InChI=1S/C28H25N3O/c1-21-15-25(31-14-13-30(2)20-31)19-27(16-21)32-26-10-6-9-24(17-26)28-18-23(11-12-29-28)22-7-4-3-5-8-22/h3-19H,20H2,1-2H3. The molecule has 2 heterocycles. The third-order valence-electron chi connectivity index (χ3n) is 5.48. The van der Waals surface area contributed by atoms with Gasteiger partial charge in [0, 0.05) is 43.0 Å². The highest BCUT2D eigenvalue weighted by Gasteiger charge is 2.13. The summed E-state index contributed by atoms with van der Waals surface area (Å²) in [6.07, 6.45) is 6.02. The normalized spacial score (nSPS) is 12.9. The molecule has 0 atom stereocenters. The second-order valence-electron chi connectivity index (χ2n) is 8.10. The Bertz CT molecular complexity index is 1270. The van der Waals surface area contributed by atoms with Crippen LogP contribution in [0.5, 0.6) is 11.5 Å². The maximum absolute atomic E-state index is 6.27. The maximum Gasteiger partial charge on any atom is 0.129 e. The first-order chi connectivity index (χ1) is 15.6. The van der Waals surface area contributed by atoms with E-state index in [1.54, 1.807) is 0 Å². The molecule has 0 saturated heterocycles. The molecule has 0 spiro atoms. The minimum absolute atomic E-state index is 0.792. The smallest absolute Gasteiger partial charge is 0.129 e. The molecular formula is C28H25N3O. The molecule has 5 rings (SSSR count). The molecule has 0 fully saturated rings. The fraction of sp³-hybridized carbons (Fsp3) is 0.107. The van der Waals surface area contributed by atoms with Crippen LogP contribution in [0.3, 0.4) is 0 Å². The fourth-order valence-corrected chi connectivity index (χ4v) is 3.90. The second-order valence-corrected chi connectivity index (χ2v) is 8.10. The highest BCUT2D eigenvalue weighted by atomic mass is 16.5. The number of hydrogen-bond donors (Lipinski definition) is 0. The van der Waals surface area contributed by atoms with Crippen molar-refractivity contribution < 1.29 is 4.74 Å². The molecule has 0 saturated carbocycles. The van der Waals surface area contributed by atoms with Crippen molar-refractivity contribution in [2.45, 2.75) is 6.92 Å². The van der Waals surface area contributed by atoms with Gasteiger partial charge in [-0.05, 0) is 60.0 Å². The Morgan fingerprint density at radius 2 is 1.59 bits per heavy atom. The molecule has 0 unspecified atom stereocenters. The average molecular weight is 420 g/mol. The molecule has 0 N–H and O–H groups in total. The number of pyridine rings is 1. The van der Waals surface area contributed by atoms with Gasteiger partial charge < -0.3 is 14.5 Å². The average Bonchev–Trinajstić information content (AvgIpc) is 3.26. The molecule has 4 aromatic rings. The Hall–Kier alpha value is -4.05. The molecule has 1 aromatic heterocycles. The summed E-state index contributed by atoms with van der Waals surface area (Å²) in [4.78, 5) is 8.94. The summed E-state index contributed by atoms with van der Waals surface area (Å²) < 4.78 is 6.27. The molecule has 0 bridgehead atoms. The number of aromatic nitrogens is 1. The van der Waals surface area contributed by atoms with E-state index in [0.717, 1.165) is 46.2 Å². The first-order valence-corrected chi connectivity index (χ1v) is 10.7. The lowest BCUT2D eigenvalue weighted by atomic mass is 10.0. The van der Waals surface area contributed by atoms with Crippen molar-refractivity contribution in [3.8, 4) is 33.9 Å². The second kappa shape index (κ2) is 8.60. The minimum atomic E-state index is 0.792. The van der Waals surface area contributed by atoms with Crippen molar-refractivity contribution in [2.24, 2.45) is 0 Å². The maximum atomic E-state index is 6.27. The van der Waals surface area contributed by atoms with Crippen LogP contribution in [0, 0.1) is 6.92 Å². The Morgan fingerprint density at radius 3 is 2.41 bits per heavy atom. The molecule has 1 aliphatic heterocycles. The summed E-state index contributed by atoms with van der Waals surface area (Å²) in [6.45, 7) is 2.93. The zero-order valence-corrected chi connectivity index (χ0v) is 18.3. The zero-order chi connectivity index (χ0) is 21.9. The lowest BCUT2D eigenvalue weighted by Crippen LogP contribution is -2.21. The van der Waals surface area contributed by atoms with Crippen molar-refractivity contribution in [3.63, 3.8) is 0 Å². The van der Waals surface area contributed by atoms with Gasteiger partial charge in [0.2, 0.25) is 0 Å². The van der Waals surface area contributed by atoms with Gasteiger partial charge in [-0.3, -0.25) is 4.98 Å². The summed E-state index contributed by atoms with van der Waals surface area (Å²) in [6, 6.07) is 28.9. The van der Waals surface area contributed by atoms with Crippen LogP contribution in [0.15, 0.2) is 104 Å². The van der Waals surface area contributed by atoms with Crippen LogP contribution < -0.4 is 9.64 Å². The van der Waals surface area contributed by atoms with Gasteiger partial charge in [-0.25, -0.2) is 0 Å². The van der Waals surface area contributed by atoms with E-state index in [9.17, 15) is 0 Å². The van der Waals surface area contributed by atoms with E-state index in [1.807, 2.05) is 36.5 Å². The van der Waals surface area contributed by atoms with E-state index in [0.29, 0.717) is 0 Å². The van der Waals surface area contributed by atoms with E-state index in [1.165, 1.54) is 5.56 Å². The molecule has 158 valence electrons. The van der Waals surface area contributed by atoms with Crippen LogP contribution in [0.4, 0.5) is 5.69 Å². The van der Waals surface area contributed by atoms with Gasteiger partial charge >= 0.3 is 0 Å². The monoisotopic (exact) mass is 419 g/mol. The predicted octanol–water partition coefficient (Wildman–Crippen LogP) is 6.70. The number of nitrogens with zero attached hydrogens (tertiary/aromatic N) is 3. The zero-order valence-electron chi connectivity index (χ0n) is 18.3. The molecule has 0 amide bonds. The lowest BCUT2D eigenvalue weighted by Gasteiger charge is -2.20.